The number of rotatable bonds is 6. The minimum atomic E-state index is -0.369. The quantitative estimate of drug-likeness (QED) is 0.577. The van der Waals surface area contributed by atoms with Crippen molar-refractivity contribution >= 4 is 11.8 Å². The molecular formula is C14H17FO3. The van der Waals surface area contributed by atoms with Crippen molar-refractivity contribution in [2.45, 2.75) is 33.1 Å². The Labute approximate surface area is 106 Å². The van der Waals surface area contributed by atoms with Gasteiger partial charge in [0, 0.05) is 12.0 Å². The second-order valence-corrected chi connectivity index (χ2v) is 4.02. The van der Waals surface area contributed by atoms with E-state index in [-0.39, 0.29) is 24.0 Å². The van der Waals surface area contributed by atoms with Gasteiger partial charge in [-0.15, -0.1) is 0 Å². The maximum Gasteiger partial charge on any atom is 0.305 e. The molecule has 98 valence electrons. The van der Waals surface area contributed by atoms with Gasteiger partial charge >= 0.3 is 5.97 Å². The lowest BCUT2D eigenvalue weighted by Gasteiger charge is -2.07. The van der Waals surface area contributed by atoms with Gasteiger partial charge in [-0.05, 0) is 50.5 Å². The molecule has 1 rings (SSSR count). The number of benzene rings is 1. The fourth-order valence-corrected chi connectivity index (χ4v) is 1.77. The summed E-state index contributed by atoms with van der Waals surface area (Å²) in [6, 6.07) is 4.10. The number of hydrogen-bond donors (Lipinski definition) is 0. The summed E-state index contributed by atoms with van der Waals surface area (Å²) in [5.41, 5.74) is 1.16. The second-order valence-electron chi connectivity index (χ2n) is 4.02. The highest BCUT2D eigenvalue weighted by molar-refractivity contribution is 5.95. The first-order chi connectivity index (χ1) is 8.54. The summed E-state index contributed by atoms with van der Waals surface area (Å²) in [6.45, 7) is 3.55. The van der Waals surface area contributed by atoms with Crippen molar-refractivity contribution in [1.29, 1.82) is 0 Å². The van der Waals surface area contributed by atoms with Gasteiger partial charge in [0.05, 0.1) is 6.61 Å². The minimum Gasteiger partial charge on any atom is -0.466 e. The van der Waals surface area contributed by atoms with Crippen LogP contribution in [0.25, 0.3) is 0 Å². The predicted molar refractivity (Wildman–Crippen MR) is 66.0 cm³/mol. The summed E-state index contributed by atoms with van der Waals surface area (Å²) in [6.07, 6.45) is 1.32. The van der Waals surface area contributed by atoms with Gasteiger partial charge in [-0.25, -0.2) is 4.39 Å². The van der Waals surface area contributed by atoms with E-state index >= 15 is 0 Å². The summed E-state index contributed by atoms with van der Waals surface area (Å²) < 4.78 is 17.9. The number of hydrogen-bond acceptors (Lipinski definition) is 3. The number of halogens is 1. The summed E-state index contributed by atoms with van der Waals surface area (Å²) >= 11 is 0. The van der Waals surface area contributed by atoms with Gasteiger partial charge in [-0.1, -0.05) is 0 Å². The molecule has 0 fully saturated rings. The topological polar surface area (TPSA) is 43.4 Å². The van der Waals surface area contributed by atoms with Crippen molar-refractivity contribution in [2.75, 3.05) is 6.61 Å². The van der Waals surface area contributed by atoms with Gasteiger partial charge in [-0.3, -0.25) is 9.59 Å². The van der Waals surface area contributed by atoms with Crippen molar-refractivity contribution in [1.82, 2.24) is 0 Å². The van der Waals surface area contributed by atoms with E-state index in [1.165, 1.54) is 25.1 Å². The van der Waals surface area contributed by atoms with Crippen molar-refractivity contribution < 1.29 is 18.7 Å². The Morgan fingerprint density at radius 1 is 1.33 bits per heavy atom. The fourth-order valence-electron chi connectivity index (χ4n) is 1.77. The van der Waals surface area contributed by atoms with E-state index in [4.69, 9.17) is 4.74 Å². The molecule has 0 saturated carbocycles. The molecule has 0 aliphatic rings. The lowest BCUT2D eigenvalue weighted by molar-refractivity contribution is -0.143. The normalized spacial score (nSPS) is 10.2. The van der Waals surface area contributed by atoms with E-state index in [9.17, 15) is 14.0 Å². The Morgan fingerprint density at radius 3 is 2.67 bits per heavy atom. The van der Waals surface area contributed by atoms with E-state index < -0.39 is 0 Å². The van der Waals surface area contributed by atoms with E-state index in [0.717, 1.165) is 0 Å². The molecule has 0 aliphatic heterocycles. The van der Waals surface area contributed by atoms with Crippen LogP contribution in [-0.2, 0) is 16.0 Å². The Morgan fingerprint density at radius 2 is 2.06 bits per heavy atom. The Balaban J connectivity index is 2.63. The van der Waals surface area contributed by atoms with E-state index in [2.05, 4.69) is 0 Å². The molecule has 1 aromatic rings. The molecule has 4 heteroatoms. The number of aryl methyl sites for hydroxylation is 1. The molecule has 0 heterocycles. The number of ether oxygens (including phenoxy) is 1. The van der Waals surface area contributed by atoms with Gasteiger partial charge in [0.2, 0.25) is 0 Å². The predicted octanol–water partition coefficient (Wildman–Crippen LogP) is 2.91. The molecule has 18 heavy (non-hydrogen) atoms. The maximum absolute atomic E-state index is 13.1. The van der Waals surface area contributed by atoms with Crippen LogP contribution in [0.15, 0.2) is 18.2 Å². The molecule has 0 saturated heterocycles. The molecule has 0 unspecified atom stereocenters. The monoisotopic (exact) mass is 252 g/mol. The molecule has 1 aromatic carbocycles. The zero-order chi connectivity index (χ0) is 13.5. The highest BCUT2D eigenvalue weighted by Crippen LogP contribution is 2.15. The molecule has 0 bridgehead atoms. The standard InChI is InChI=1S/C14H17FO3/c1-3-18-14(17)6-4-5-11-9-12(15)7-8-13(11)10(2)16/h7-9H,3-6H2,1-2H3. The van der Waals surface area contributed by atoms with Crippen LogP contribution in [-0.4, -0.2) is 18.4 Å². The maximum atomic E-state index is 13.1. The van der Waals surface area contributed by atoms with Crippen LogP contribution in [0.1, 0.15) is 42.6 Å². The number of carbonyl (C=O) groups is 2. The van der Waals surface area contributed by atoms with Crippen LogP contribution in [0.2, 0.25) is 0 Å². The molecule has 0 amide bonds. The molecule has 0 aliphatic carbocycles. The molecule has 0 atom stereocenters. The lowest BCUT2D eigenvalue weighted by Crippen LogP contribution is -2.06. The van der Waals surface area contributed by atoms with Gasteiger partial charge in [0.25, 0.3) is 0 Å². The van der Waals surface area contributed by atoms with Crippen molar-refractivity contribution in [3.05, 3.63) is 35.1 Å². The van der Waals surface area contributed by atoms with Crippen LogP contribution in [0.5, 0.6) is 0 Å². The molecule has 3 nitrogen and oxygen atoms in total. The van der Waals surface area contributed by atoms with Gasteiger partial charge < -0.3 is 4.74 Å². The van der Waals surface area contributed by atoms with E-state index in [1.54, 1.807) is 6.92 Å². The number of Topliss-reactive ketones (excluding diaryl/α,β-unsaturated/α-hetero) is 1. The second kappa shape index (κ2) is 6.89. The number of ketones is 1. The Bertz CT molecular complexity index is 441. The van der Waals surface area contributed by atoms with Crippen molar-refractivity contribution in [3.8, 4) is 0 Å². The Kier molecular flexibility index (Phi) is 5.49. The van der Waals surface area contributed by atoms with Crippen LogP contribution < -0.4 is 0 Å². The third kappa shape index (κ3) is 4.28. The zero-order valence-corrected chi connectivity index (χ0v) is 10.7. The lowest BCUT2D eigenvalue weighted by atomic mass is 9.99. The first kappa shape index (κ1) is 14.4. The summed E-state index contributed by atoms with van der Waals surface area (Å²) in [5, 5.41) is 0. The van der Waals surface area contributed by atoms with Crippen LogP contribution >= 0.6 is 0 Å². The molecular weight excluding hydrogens is 235 g/mol. The third-order valence-electron chi connectivity index (χ3n) is 2.58. The van der Waals surface area contributed by atoms with Gasteiger partial charge in [0.15, 0.2) is 5.78 Å². The zero-order valence-electron chi connectivity index (χ0n) is 10.7. The fraction of sp³-hybridized carbons (Fsp3) is 0.429. The van der Waals surface area contributed by atoms with E-state index in [0.29, 0.717) is 30.6 Å². The van der Waals surface area contributed by atoms with E-state index in [1.807, 2.05) is 0 Å². The highest BCUT2D eigenvalue weighted by atomic mass is 19.1. The third-order valence-corrected chi connectivity index (χ3v) is 2.58. The number of esters is 1. The average molecular weight is 252 g/mol. The van der Waals surface area contributed by atoms with Crippen LogP contribution in [0.3, 0.4) is 0 Å². The SMILES string of the molecule is CCOC(=O)CCCc1cc(F)ccc1C(C)=O. The first-order valence-corrected chi connectivity index (χ1v) is 5.99. The minimum absolute atomic E-state index is 0.0962. The molecule has 0 radical (unpaired) electrons. The van der Waals surface area contributed by atoms with Crippen LogP contribution in [0.4, 0.5) is 4.39 Å². The smallest absolute Gasteiger partial charge is 0.305 e. The summed E-state index contributed by atoms with van der Waals surface area (Å²) in [5.74, 6) is -0.731. The summed E-state index contributed by atoms with van der Waals surface area (Å²) in [7, 11) is 0. The molecule has 0 N–H and O–H groups in total. The van der Waals surface area contributed by atoms with Crippen molar-refractivity contribution in [3.63, 3.8) is 0 Å². The summed E-state index contributed by atoms with van der Waals surface area (Å²) in [4.78, 5) is 22.5. The highest BCUT2D eigenvalue weighted by Gasteiger charge is 2.09. The van der Waals surface area contributed by atoms with Gasteiger partial charge in [-0.2, -0.15) is 0 Å². The van der Waals surface area contributed by atoms with Crippen LogP contribution in [0, 0.1) is 5.82 Å². The number of carbonyl (C=O) groups excluding carboxylic acids is 2. The largest absolute Gasteiger partial charge is 0.466 e. The molecule has 0 spiro atoms. The Hall–Kier alpha value is -1.71. The molecule has 0 aromatic heterocycles. The van der Waals surface area contributed by atoms with Crippen molar-refractivity contribution in [2.24, 2.45) is 0 Å². The average Bonchev–Trinajstić information content (AvgIpc) is 2.29. The first-order valence-electron chi connectivity index (χ1n) is 5.99. The van der Waals surface area contributed by atoms with Gasteiger partial charge in [0.1, 0.15) is 5.82 Å².